The maximum atomic E-state index is 11.0. The Balaban J connectivity index is 2.11. The molecule has 0 aromatic rings. The van der Waals surface area contributed by atoms with Crippen molar-refractivity contribution in [2.24, 2.45) is 11.8 Å². The van der Waals surface area contributed by atoms with Crippen molar-refractivity contribution in [3.8, 4) is 0 Å². The summed E-state index contributed by atoms with van der Waals surface area (Å²) in [5.41, 5.74) is 0. The van der Waals surface area contributed by atoms with Crippen molar-refractivity contribution in [3.63, 3.8) is 0 Å². The molecule has 0 aromatic heterocycles. The van der Waals surface area contributed by atoms with Crippen LogP contribution in [0.25, 0.3) is 0 Å². The number of hydrogen-bond donors (Lipinski definition) is 2. The number of rotatable bonds is 3. The fourth-order valence-corrected chi connectivity index (χ4v) is 0.998. The molecular weight excluding hydrogens is 130 g/mol. The molecular formula is C7H13NO2. The molecule has 1 saturated carbocycles. The lowest BCUT2D eigenvalue weighted by molar-refractivity contribution is -0.122. The van der Waals surface area contributed by atoms with E-state index in [2.05, 4.69) is 12.2 Å². The number of nitrogens with one attached hydrogen (secondary N) is 1. The number of aliphatic hydroxyl groups excluding tert-OH is 1. The van der Waals surface area contributed by atoms with Crippen molar-refractivity contribution in [3.05, 3.63) is 0 Å². The summed E-state index contributed by atoms with van der Waals surface area (Å²) in [6.45, 7) is 2.48. The van der Waals surface area contributed by atoms with Crippen molar-refractivity contribution < 1.29 is 9.90 Å². The van der Waals surface area contributed by atoms with E-state index in [1.807, 2.05) is 0 Å². The Kier molecular flexibility index (Phi) is 2.27. The minimum Gasteiger partial charge on any atom is -0.395 e. The molecule has 10 heavy (non-hydrogen) atoms. The summed E-state index contributed by atoms with van der Waals surface area (Å²) < 4.78 is 0. The second-order valence-corrected chi connectivity index (χ2v) is 2.83. The van der Waals surface area contributed by atoms with Gasteiger partial charge in [-0.2, -0.15) is 0 Å². The average Bonchev–Trinajstić information content (AvgIpc) is 2.62. The molecule has 0 aromatic carbocycles. The Morgan fingerprint density at radius 2 is 2.40 bits per heavy atom. The Morgan fingerprint density at radius 3 is 2.80 bits per heavy atom. The third-order valence-electron chi connectivity index (χ3n) is 1.86. The first-order chi connectivity index (χ1) is 4.75. The van der Waals surface area contributed by atoms with Gasteiger partial charge in [0.15, 0.2) is 0 Å². The van der Waals surface area contributed by atoms with Crippen molar-refractivity contribution in [1.29, 1.82) is 0 Å². The number of amides is 1. The zero-order valence-corrected chi connectivity index (χ0v) is 6.13. The molecule has 58 valence electrons. The quantitative estimate of drug-likeness (QED) is 0.572. The van der Waals surface area contributed by atoms with E-state index in [4.69, 9.17) is 5.11 Å². The standard InChI is InChI=1S/C7H13NO2/c1-5-4-6(5)7(10)8-2-3-9/h5-6,9H,2-4H2,1H3,(H,8,10). The lowest BCUT2D eigenvalue weighted by Crippen LogP contribution is -2.28. The molecule has 0 bridgehead atoms. The van der Waals surface area contributed by atoms with Gasteiger partial charge in [-0.3, -0.25) is 4.79 Å². The van der Waals surface area contributed by atoms with E-state index in [0.717, 1.165) is 6.42 Å². The topological polar surface area (TPSA) is 49.3 Å². The summed E-state index contributed by atoms with van der Waals surface area (Å²) in [7, 11) is 0. The van der Waals surface area contributed by atoms with Crippen LogP contribution in [0, 0.1) is 11.8 Å². The van der Waals surface area contributed by atoms with Crippen molar-refractivity contribution in [1.82, 2.24) is 5.32 Å². The van der Waals surface area contributed by atoms with Crippen LogP contribution >= 0.6 is 0 Å². The fraction of sp³-hybridized carbons (Fsp3) is 0.857. The molecule has 3 nitrogen and oxygen atoms in total. The normalized spacial score (nSPS) is 29.8. The van der Waals surface area contributed by atoms with Crippen LogP contribution in [-0.2, 0) is 4.79 Å². The van der Waals surface area contributed by atoms with Gasteiger partial charge in [0.05, 0.1) is 6.61 Å². The minimum absolute atomic E-state index is 0.0346. The highest BCUT2D eigenvalue weighted by Gasteiger charge is 2.38. The van der Waals surface area contributed by atoms with E-state index in [0.29, 0.717) is 12.5 Å². The highest BCUT2D eigenvalue weighted by Crippen LogP contribution is 2.37. The largest absolute Gasteiger partial charge is 0.395 e. The van der Waals surface area contributed by atoms with Gasteiger partial charge < -0.3 is 10.4 Å². The predicted molar refractivity (Wildman–Crippen MR) is 37.4 cm³/mol. The van der Waals surface area contributed by atoms with Crippen LogP contribution in [0.4, 0.5) is 0 Å². The summed E-state index contributed by atoms with van der Waals surface area (Å²) in [5.74, 6) is 0.881. The molecule has 1 amide bonds. The predicted octanol–water partition coefficient (Wildman–Crippen LogP) is -0.249. The smallest absolute Gasteiger partial charge is 0.223 e. The van der Waals surface area contributed by atoms with Gasteiger partial charge in [0, 0.05) is 12.5 Å². The first-order valence-corrected chi connectivity index (χ1v) is 3.64. The van der Waals surface area contributed by atoms with E-state index >= 15 is 0 Å². The zero-order chi connectivity index (χ0) is 7.56. The van der Waals surface area contributed by atoms with Gasteiger partial charge in [-0.1, -0.05) is 6.92 Å². The first kappa shape index (κ1) is 7.54. The maximum absolute atomic E-state index is 11.0. The van der Waals surface area contributed by atoms with Crippen molar-refractivity contribution in [2.75, 3.05) is 13.2 Å². The number of carbonyl (C=O) groups excluding carboxylic acids is 1. The van der Waals surface area contributed by atoms with Gasteiger partial charge in [0.2, 0.25) is 5.91 Å². The molecule has 1 rings (SSSR count). The second-order valence-electron chi connectivity index (χ2n) is 2.83. The Morgan fingerprint density at radius 1 is 1.80 bits per heavy atom. The molecule has 0 spiro atoms. The van der Waals surface area contributed by atoms with E-state index in [1.54, 1.807) is 0 Å². The van der Waals surface area contributed by atoms with E-state index < -0.39 is 0 Å². The number of aliphatic hydroxyl groups is 1. The van der Waals surface area contributed by atoms with E-state index in [1.165, 1.54) is 0 Å². The number of hydrogen-bond acceptors (Lipinski definition) is 2. The van der Waals surface area contributed by atoms with Crippen LogP contribution in [0.1, 0.15) is 13.3 Å². The van der Waals surface area contributed by atoms with Crippen LogP contribution in [0.2, 0.25) is 0 Å². The average molecular weight is 143 g/mol. The molecule has 1 aliphatic carbocycles. The number of carbonyl (C=O) groups is 1. The van der Waals surface area contributed by atoms with Gasteiger partial charge in [-0.05, 0) is 12.3 Å². The molecule has 1 aliphatic rings. The molecule has 1 fully saturated rings. The lowest BCUT2D eigenvalue weighted by atomic mass is 10.3. The molecule has 2 unspecified atom stereocenters. The molecule has 3 heteroatoms. The van der Waals surface area contributed by atoms with Crippen LogP contribution in [-0.4, -0.2) is 24.2 Å². The van der Waals surface area contributed by atoms with Gasteiger partial charge >= 0.3 is 0 Å². The van der Waals surface area contributed by atoms with Crippen LogP contribution in [0.5, 0.6) is 0 Å². The first-order valence-electron chi connectivity index (χ1n) is 3.64. The molecule has 0 saturated heterocycles. The van der Waals surface area contributed by atoms with Gasteiger partial charge in [-0.25, -0.2) is 0 Å². The Bertz CT molecular complexity index is 136. The Hall–Kier alpha value is -0.570. The molecule has 0 heterocycles. The molecule has 0 aliphatic heterocycles. The third-order valence-corrected chi connectivity index (χ3v) is 1.86. The van der Waals surface area contributed by atoms with Crippen molar-refractivity contribution in [2.45, 2.75) is 13.3 Å². The Labute approximate surface area is 60.4 Å². The summed E-state index contributed by atoms with van der Waals surface area (Å²) in [5, 5.41) is 11.0. The van der Waals surface area contributed by atoms with Gasteiger partial charge in [-0.15, -0.1) is 0 Å². The summed E-state index contributed by atoms with van der Waals surface area (Å²) >= 11 is 0. The van der Waals surface area contributed by atoms with Crippen LogP contribution < -0.4 is 5.32 Å². The summed E-state index contributed by atoms with van der Waals surface area (Å²) in [6, 6.07) is 0. The van der Waals surface area contributed by atoms with Crippen LogP contribution in [0.3, 0.4) is 0 Å². The maximum Gasteiger partial charge on any atom is 0.223 e. The molecule has 2 atom stereocenters. The second kappa shape index (κ2) is 3.01. The van der Waals surface area contributed by atoms with Crippen molar-refractivity contribution >= 4 is 5.91 Å². The van der Waals surface area contributed by atoms with Crippen LogP contribution in [0.15, 0.2) is 0 Å². The zero-order valence-electron chi connectivity index (χ0n) is 6.13. The molecule has 2 N–H and O–H groups in total. The van der Waals surface area contributed by atoms with E-state index in [9.17, 15) is 4.79 Å². The van der Waals surface area contributed by atoms with E-state index in [-0.39, 0.29) is 18.4 Å². The SMILES string of the molecule is CC1CC1C(=O)NCCO. The van der Waals surface area contributed by atoms with Gasteiger partial charge in [0.1, 0.15) is 0 Å². The summed E-state index contributed by atoms with van der Waals surface area (Å²) in [4.78, 5) is 11.0. The highest BCUT2D eigenvalue weighted by atomic mass is 16.3. The summed E-state index contributed by atoms with van der Waals surface area (Å²) in [6.07, 6.45) is 1.01. The fourth-order valence-electron chi connectivity index (χ4n) is 0.998. The lowest BCUT2D eigenvalue weighted by Gasteiger charge is -1.99. The van der Waals surface area contributed by atoms with Gasteiger partial charge in [0.25, 0.3) is 0 Å². The minimum atomic E-state index is 0.0346. The monoisotopic (exact) mass is 143 g/mol. The molecule has 0 radical (unpaired) electrons. The third kappa shape index (κ3) is 1.70. The highest BCUT2D eigenvalue weighted by molar-refractivity contribution is 5.81.